The molecular weight excluding hydrogens is 342 g/mol. The number of fused-ring (bicyclic) bond motifs is 1. The Morgan fingerprint density at radius 1 is 1.50 bits per heavy atom. The van der Waals surface area contributed by atoms with E-state index in [9.17, 15) is 0 Å². The maximum atomic E-state index is 7.56. The first kappa shape index (κ1) is 18.4. The third-order valence-corrected chi connectivity index (χ3v) is 4.88. The van der Waals surface area contributed by atoms with Crippen LogP contribution in [0.2, 0.25) is 0 Å². The number of hydrogen-bond acceptors (Lipinski definition) is 7. The highest BCUT2D eigenvalue weighted by molar-refractivity contribution is 8.44. The van der Waals surface area contributed by atoms with Gasteiger partial charge in [-0.25, -0.2) is 15.4 Å². The molecule has 2 aromatic heterocycles. The second kappa shape index (κ2) is 8.76. The molecule has 0 aliphatic rings. The van der Waals surface area contributed by atoms with Crippen LogP contribution in [0.5, 0.6) is 0 Å². The monoisotopic (exact) mass is 362 g/mol. The molecule has 0 aliphatic carbocycles. The van der Waals surface area contributed by atoms with Crippen LogP contribution in [-0.4, -0.2) is 45.6 Å². The lowest BCUT2D eigenvalue weighted by Gasteiger charge is -2.11. The van der Waals surface area contributed by atoms with Gasteiger partial charge in [-0.1, -0.05) is 11.8 Å². The quantitative estimate of drug-likeness (QED) is 0.459. The van der Waals surface area contributed by atoms with Gasteiger partial charge in [0.25, 0.3) is 4.38 Å². The van der Waals surface area contributed by atoms with Gasteiger partial charge in [0, 0.05) is 36.6 Å². The number of nitrogens with zero attached hydrogens (tertiary/aromatic N) is 3. The third kappa shape index (κ3) is 4.76. The van der Waals surface area contributed by atoms with Crippen LogP contribution >= 0.6 is 23.5 Å². The predicted molar refractivity (Wildman–Crippen MR) is 104 cm³/mol. The van der Waals surface area contributed by atoms with Gasteiger partial charge in [-0.2, -0.15) is 0 Å². The van der Waals surface area contributed by atoms with Gasteiger partial charge in [-0.05, 0) is 37.1 Å². The molecule has 0 amide bonds. The first-order chi connectivity index (χ1) is 11.6. The zero-order valence-electron chi connectivity index (χ0n) is 13.5. The standard InChI is InChI=1S/C15H19N7S2/c1-19-7-10(6-16)9-5-12-11(20-8-9)3-4-13(21-12)22-14(17)24-15(18)23-2/h3-6,8,10,16,18-19H,7H2,1-2H3,(H2,17,21,22)/p+1. The van der Waals surface area contributed by atoms with E-state index in [1.165, 1.54) is 29.7 Å². The zero-order chi connectivity index (χ0) is 17.5. The maximum absolute atomic E-state index is 7.56. The van der Waals surface area contributed by atoms with Crippen molar-refractivity contribution in [2.75, 3.05) is 19.8 Å². The van der Waals surface area contributed by atoms with Crippen molar-refractivity contribution in [1.29, 1.82) is 5.41 Å². The molecule has 9 heteroatoms. The summed E-state index contributed by atoms with van der Waals surface area (Å²) in [4.78, 5) is 13.2. The highest BCUT2D eigenvalue weighted by Gasteiger charge is 2.10. The molecule has 0 aromatic carbocycles. The summed E-state index contributed by atoms with van der Waals surface area (Å²) in [7, 11) is 1.85. The van der Waals surface area contributed by atoms with Crippen LogP contribution in [-0.2, 0) is 0 Å². The van der Waals surface area contributed by atoms with Crippen molar-refractivity contribution in [2.45, 2.75) is 5.92 Å². The van der Waals surface area contributed by atoms with Crippen LogP contribution in [0.25, 0.3) is 11.0 Å². The average molecular weight is 363 g/mol. The number of amidine groups is 1. The van der Waals surface area contributed by atoms with Crippen molar-refractivity contribution in [3.8, 4) is 0 Å². The van der Waals surface area contributed by atoms with Gasteiger partial charge in [0.05, 0.1) is 11.0 Å². The Labute approximate surface area is 149 Å². The van der Waals surface area contributed by atoms with Crippen molar-refractivity contribution < 1.29 is 5.41 Å². The Balaban J connectivity index is 2.33. The Kier molecular flexibility index (Phi) is 6.71. The highest BCUT2D eigenvalue weighted by atomic mass is 32.2. The average Bonchev–Trinajstić information content (AvgIpc) is 2.58. The molecule has 0 aliphatic heterocycles. The SMILES string of the molecule is CNCC(C=N)c1cnc2ccc(N=C(N)SC(=[NH2+])SC)nc2c1. The van der Waals surface area contributed by atoms with Crippen molar-refractivity contribution in [3.63, 3.8) is 0 Å². The van der Waals surface area contributed by atoms with E-state index in [-0.39, 0.29) is 5.92 Å². The summed E-state index contributed by atoms with van der Waals surface area (Å²) < 4.78 is 0.627. The van der Waals surface area contributed by atoms with Crippen molar-refractivity contribution >= 4 is 56.1 Å². The molecule has 0 bridgehead atoms. The van der Waals surface area contributed by atoms with Crippen LogP contribution in [0.1, 0.15) is 11.5 Å². The first-order valence-electron chi connectivity index (χ1n) is 7.17. The molecule has 2 heterocycles. The number of thioether (sulfide) groups is 2. The number of nitrogens with one attached hydrogen (secondary N) is 2. The molecule has 2 aromatic rings. The summed E-state index contributed by atoms with van der Waals surface area (Å²) >= 11 is 2.63. The molecular formula is C15H20N7S2+. The van der Waals surface area contributed by atoms with E-state index in [1.807, 2.05) is 25.4 Å². The van der Waals surface area contributed by atoms with E-state index < -0.39 is 0 Å². The largest absolute Gasteiger partial charge is 0.378 e. The summed E-state index contributed by atoms with van der Waals surface area (Å²) in [6.45, 7) is 0.669. The van der Waals surface area contributed by atoms with Crippen molar-refractivity contribution in [1.82, 2.24) is 15.3 Å². The summed E-state index contributed by atoms with van der Waals surface area (Å²) in [5.74, 6) is 0.456. The number of aliphatic imine (C=N–C) groups is 1. The Hall–Kier alpha value is -1.97. The normalized spacial score (nSPS) is 13.0. The van der Waals surface area contributed by atoms with Gasteiger partial charge >= 0.3 is 0 Å². The van der Waals surface area contributed by atoms with Gasteiger partial charge < -0.3 is 16.5 Å². The van der Waals surface area contributed by atoms with Crippen LogP contribution in [0.4, 0.5) is 5.82 Å². The Morgan fingerprint density at radius 2 is 2.29 bits per heavy atom. The minimum atomic E-state index is -0.0440. The molecule has 126 valence electrons. The summed E-state index contributed by atoms with van der Waals surface area (Å²) in [5, 5.41) is 16.7. The zero-order valence-corrected chi connectivity index (χ0v) is 15.1. The molecule has 6 N–H and O–H groups in total. The predicted octanol–water partition coefficient (Wildman–Crippen LogP) is 0.740. The molecule has 1 unspecified atom stereocenters. The van der Waals surface area contributed by atoms with Crippen molar-refractivity contribution in [3.05, 3.63) is 30.0 Å². The first-order valence-corrected chi connectivity index (χ1v) is 9.21. The minimum Gasteiger partial charge on any atom is -0.378 e. The Morgan fingerprint density at radius 3 is 2.96 bits per heavy atom. The maximum Gasteiger partial charge on any atom is 0.274 e. The van der Waals surface area contributed by atoms with E-state index in [1.54, 1.807) is 12.3 Å². The molecule has 1 atom stereocenters. The molecule has 7 nitrogen and oxygen atoms in total. The lowest BCUT2D eigenvalue weighted by molar-refractivity contribution is -0.103. The van der Waals surface area contributed by atoms with E-state index in [0.717, 1.165) is 16.6 Å². The number of pyridine rings is 2. The van der Waals surface area contributed by atoms with Crippen LogP contribution < -0.4 is 16.5 Å². The fourth-order valence-corrected chi connectivity index (χ4v) is 2.98. The lowest BCUT2D eigenvalue weighted by atomic mass is 10.0. The second-order valence-corrected chi connectivity index (χ2v) is 7.05. The molecule has 0 fully saturated rings. The smallest absolute Gasteiger partial charge is 0.274 e. The lowest BCUT2D eigenvalue weighted by Crippen LogP contribution is -2.36. The van der Waals surface area contributed by atoms with Crippen LogP contribution in [0.3, 0.4) is 0 Å². The van der Waals surface area contributed by atoms with Crippen molar-refractivity contribution in [2.24, 2.45) is 10.7 Å². The fraction of sp³-hybridized carbons (Fsp3) is 0.267. The number of nitrogens with two attached hydrogens (primary N) is 2. The number of hydrogen-bond donors (Lipinski definition) is 4. The van der Waals surface area contributed by atoms with E-state index in [0.29, 0.717) is 21.9 Å². The molecule has 0 spiro atoms. The summed E-state index contributed by atoms with van der Waals surface area (Å²) in [6.07, 6.45) is 5.05. The fourth-order valence-electron chi connectivity index (χ4n) is 2.05. The minimum absolute atomic E-state index is 0.0440. The Bertz CT molecular complexity index is 776. The molecule has 2 rings (SSSR count). The van der Waals surface area contributed by atoms with E-state index >= 15 is 0 Å². The summed E-state index contributed by atoms with van der Waals surface area (Å²) in [6, 6.07) is 5.54. The molecule has 24 heavy (non-hydrogen) atoms. The highest BCUT2D eigenvalue weighted by Crippen LogP contribution is 2.21. The number of aromatic nitrogens is 2. The van der Waals surface area contributed by atoms with Gasteiger partial charge in [0.15, 0.2) is 11.0 Å². The van der Waals surface area contributed by atoms with Gasteiger partial charge in [0.2, 0.25) is 0 Å². The molecule has 0 saturated carbocycles. The summed E-state index contributed by atoms with van der Waals surface area (Å²) in [5.41, 5.74) is 8.29. The molecule has 0 radical (unpaired) electrons. The van der Waals surface area contributed by atoms with Gasteiger partial charge in [-0.15, -0.1) is 0 Å². The van der Waals surface area contributed by atoms with Crippen LogP contribution in [0, 0.1) is 5.41 Å². The number of likely N-dealkylation sites (N-methyl/N-ethyl adjacent to an activating group) is 1. The van der Waals surface area contributed by atoms with Crippen LogP contribution in [0.15, 0.2) is 29.4 Å². The molecule has 0 saturated heterocycles. The number of rotatable bonds is 5. The van der Waals surface area contributed by atoms with E-state index in [4.69, 9.17) is 16.6 Å². The third-order valence-electron chi connectivity index (χ3n) is 3.23. The van der Waals surface area contributed by atoms with Gasteiger partial charge in [-0.3, -0.25) is 4.98 Å². The second-order valence-electron chi connectivity index (χ2n) is 4.88. The topological polar surface area (TPSA) is 126 Å². The van der Waals surface area contributed by atoms with Gasteiger partial charge in [0.1, 0.15) is 0 Å². The van der Waals surface area contributed by atoms with E-state index in [2.05, 4.69) is 20.3 Å².